The van der Waals surface area contributed by atoms with Crippen LogP contribution in [0.5, 0.6) is 5.75 Å². The summed E-state index contributed by atoms with van der Waals surface area (Å²) in [5.41, 5.74) is 1.68. The van der Waals surface area contributed by atoms with Crippen molar-refractivity contribution in [2.24, 2.45) is 0 Å². The zero-order chi connectivity index (χ0) is 15.4. The number of benzene rings is 1. The highest BCUT2D eigenvalue weighted by Gasteiger charge is 2.26. The van der Waals surface area contributed by atoms with Gasteiger partial charge in [0.2, 0.25) is 0 Å². The molecule has 5 nitrogen and oxygen atoms in total. The molecule has 0 aliphatic carbocycles. The molecule has 0 spiro atoms. The van der Waals surface area contributed by atoms with E-state index in [9.17, 15) is 4.79 Å². The van der Waals surface area contributed by atoms with Gasteiger partial charge in [0.15, 0.2) is 0 Å². The van der Waals surface area contributed by atoms with Crippen molar-refractivity contribution in [1.29, 1.82) is 0 Å². The minimum Gasteiger partial charge on any atom is -0.497 e. The molecule has 1 amide bonds. The molecule has 1 aromatic carbocycles. The van der Waals surface area contributed by atoms with E-state index in [1.54, 1.807) is 25.7 Å². The van der Waals surface area contributed by atoms with Crippen LogP contribution >= 0.6 is 0 Å². The quantitative estimate of drug-likeness (QED) is 0.873. The maximum Gasteiger partial charge on any atom is 0.254 e. The Morgan fingerprint density at radius 1 is 1.36 bits per heavy atom. The molecule has 0 bridgehead atoms. The van der Waals surface area contributed by atoms with Gasteiger partial charge in [-0.1, -0.05) is 6.07 Å². The highest BCUT2D eigenvalue weighted by molar-refractivity contribution is 5.94. The molecule has 0 N–H and O–H groups in total. The van der Waals surface area contributed by atoms with Crippen molar-refractivity contribution >= 4 is 5.91 Å². The van der Waals surface area contributed by atoms with Crippen molar-refractivity contribution in [3.8, 4) is 5.75 Å². The lowest BCUT2D eigenvalue weighted by Crippen LogP contribution is -2.39. The number of likely N-dealkylation sites (tertiary alicyclic amines) is 1. The van der Waals surface area contributed by atoms with E-state index >= 15 is 0 Å². The van der Waals surface area contributed by atoms with Crippen molar-refractivity contribution in [2.45, 2.75) is 18.8 Å². The zero-order valence-corrected chi connectivity index (χ0v) is 12.6. The van der Waals surface area contributed by atoms with Gasteiger partial charge in [0.1, 0.15) is 12.1 Å². The first-order valence-corrected chi connectivity index (χ1v) is 7.47. The lowest BCUT2D eigenvalue weighted by atomic mass is 9.94. The second-order valence-corrected chi connectivity index (χ2v) is 5.46. The third-order valence-electron chi connectivity index (χ3n) is 4.05. The van der Waals surface area contributed by atoms with E-state index in [2.05, 4.69) is 9.97 Å². The van der Waals surface area contributed by atoms with E-state index in [1.165, 1.54) is 0 Å². The molecule has 5 heteroatoms. The molecule has 1 aliphatic rings. The van der Waals surface area contributed by atoms with Gasteiger partial charge in [-0.05, 0) is 37.1 Å². The van der Waals surface area contributed by atoms with E-state index in [1.807, 2.05) is 29.2 Å². The largest absolute Gasteiger partial charge is 0.497 e. The highest BCUT2D eigenvalue weighted by atomic mass is 16.5. The summed E-state index contributed by atoms with van der Waals surface area (Å²) < 4.78 is 5.20. The SMILES string of the molecule is COc1cccc(C(=O)N2CCCC(c3ccncn3)C2)c1. The standard InChI is InChI=1S/C17H19N3O2/c1-22-15-6-2-4-13(10-15)17(21)20-9-3-5-14(11-20)16-7-8-18-12-19-16/h2,4,6-8,10,12,14H,3,5,9,11H2,1H3. The number of hydrogen-bond donors (Lipinski definition) is 0. The molecule has 1 fully saturated rings. The van der Waals surface area contributed by atoms with Crippen molar-refractivity contribution in [2.75, 3.05) is 20.2 Å². The third-order valence-corrected chi connectivity index (χ3v) is 4.05. The predicted molar refractivity (Wildman–Crippen MR) is 82.9 cm³/mol. The van der Waals surface area contributed by atoms with Gasteiger partial charge >= 0.3 is 0 Å². The molecule has 1 aliphatic heterocycles. The first-order chi connectivity index (χ1) is 10.8. The fraction of sp³-hybridized carbons (Fsp3) is 0.353. The third kappa shape index (κ3) is 3.08. The summed E-state index contributed by atoms with van der Waals surface area (Å²) >= 11 is 0. The van der Waals surface area contributed by atoms with Crippen molar-refractivity contribution in [3.05, 3.63) is 54.1 Å². The molecular weight excluding hydrogens is 278 g/mol. The Hall–Kier alpha value is -2.43. The summed E-state index contributed by atoms with van der Waals surface area (Å²) in [6.45, 7) is 1.49. The number of methoxy groups -OCH3 is 1. The zero-order valence-electron chi connectivity index (χ0n) is 12.6. The number of amides is 1. The van der Waals surface area contributed by atoms with Crippen LogP contribution in [0.4, 0.5) is 0 Å². The normalized spacial score (nSPS) is 18.0. The Kier molecular flexibility index (Phi) is 4.32. The number of hydrogen-bond acceptors (Lipinski definition) is 4. The van der Waals surface area contributed by atoms with Crippen LogP contribution in [0.2, 0.25) is 0 Å². The van der Waals surface area contributed by atoms with Crippen LogP contribution in [0.1, 0.15) is 34.8 Å². The molecule has 1 aromatic heterocycles. The fourth-order valence-electron chi connectivity index (χ4n) is 2.88. The van der Waals surface area contributed by atoms with Crippen LogP contribution in [0.3, 0.4) is 0 Å². The topological polar surface area (TPSA) is 55.3 Å². The minimum absolute atomic E-state index is 0.0534. The van der Waals surface area contributed by atoms with Crippen LogP contribution in [-0.2, 0) is 0 Å². The van der Waals surface area contributed by atoms with Crippen LogP contribution in [0, 0.1) is 0 Å². The number of carbonyl (C=O) groups excluding carboxylic acids is 1. The molecule has 1 atom stereocenters. The van der Waals surface area contributed by atoms with Gasteiger partial charge in [-0.25, -0.2) is 9.97 Å². The summed E-state index contributed by atoms with van der Waals surface area (Å²) in [6.07, 6.45) is 5.37. The van der Waals surface area contributed by atoms with Crippen LogP contribution in [-0.4, -0.2) is 41.0 Å². The minimum atomic E-state index is 0.0534. The first kappa shape index (κ1) is 14.5. The van der Waals surface area contributed by atoms with E-state index in [4.69, 9.17) is 4.74 Å². The highest BCUT2D eigenvalue weighted by Crippen LogP contribution is 2.26. The van der Waals surface area contributed by atoms with E-state index in [0.29, 0.717) is 17.9 Å². The predicted octanol–water partition coefficient (Wildman–Crippen LogP) is 2.51. The number of nitrogens with zero attached hydrogens (tertiary/aromatic N) is 3. The Bertz CT molecular complexity index is 645. The van der Waals surface area contributed by atoms with Gasteiger partial charge in [0.25, 0.3) is 5.91 Å². The molecule has 22 heavy (non-hydrogen) atoms. The fourth-order valence-corrected chi connectivity index (χ4v) is 2.88. The maximum absolute atomic E-state index is 12.7. The van der Waals surface area contributed by atoms with Gasteiger partial charge in [-0.2, -0.15) is 0 Å². The lowest BCUT2D eigenvalue weighted by molar-refractivity contribution is 0.0705. The molecule has 3 rings (SSSR count). The summed E-state index contributed by atoms with van der Waals surface area (Å²) in [6, 6.07) is 9.24. The van der Waals surface area contributed by atoms with Gasteiger partial charge in [-0.15, -0.1) is 0 Å². The van der Waals surface area contributed by atoms with Gasteiger partial charge in [0, 0.05) is 36.5 Å². The van der Waals surface area contributed by atoms with Crippen LogP contribution in [0.15, 0.2) is 42.9 Å². The molecule has 2 heterocycles. The first-order valence-electron chi connectivity index (χ1n) is 7.47. The van der Waals surface area contributed by atoms with Crippen molar-refractivity contribution in [1.82, 2.24) is 14.9 Å². The number of ether oxygens (including phenoxy) is 1. The van der Waals surface area contributed by atoms with E-state index in [-0.39, 0.29) is 11.8 Å². The summed E-state index contributed by atoms with van der Waals surface area (Å²) in [5, 5.41) is 0. The smallest absolute Gasteiger partial charge is 0.254 e. The lowest BCUT2D eigenvalue weighted by Gasteiger charge is -2.32. The monoisotopic (exact) mass is 297 g/mol. The van der Waals surface area contributed by atoms with Crippen molar-refractivity contribution < 1.29 is 9.53 Å². The number of aromatic nitrogens is 2. The van der Waals surface area contributed by atoms with Crippen LogP contribution < -0.4 is 4.74 Å². The summed E-state index contributed by atoms with van der Waals surface area (Å²) in [7, 11) is 1.61. The Morgan fingerprint density at radius 2 is 2.27 bits per heavy atom. The Morgan fingerprint density at radius 3 is 3.05 bits per heavy atom. The maximum atomic E-state index is 12.7. The van der Waals surface area contributed by atoms with E-state index < -0.39 is 0 Å². The van der Waals surface area contributed by atoms with Gasteiger partial charge in [-0.3, -0.25) is 4.79 Å². The van der Waals surface area contributed by atoms with Gasteiger partial charge < -0.3 is 9.64 Å². The molecule has 0 saturated carbocycles. The number of rotatable bonds is 3. The summed E-state index contributed by atoms with van der Waals surface area (Å²) in [5.74, 6) is 1.04. The second kappa shape index (κ2) is 6.56. The number of piperidine rings is 1. The van der Waals surface area contributed by atoms with Crippen LogP contribution in [0.25, 0.3) is 0 Å². The van der Waals surface area contributed by atoms with Gasteiger partial charge in [0.05, 0.1) is 7.11 Å². The number of carbonyl (C=O) groups is 1. The van der Waals surface area contributed by atoms with E-state index in [0.717, 1.165) is 25.1 Å². The molecule has 1 unspecified atom stereocenters. The molecular formula is C17H19N3O2. The average molecular weight is 297 g/mol. The second-order valence-electron chi connectivity index (χ2n) is 5.46. The summed E-state index contributed by atoms with van der Waals surface area (Å²) in [4.78, 5) is 22.9. The molecule has 114 valence electrons. The molecule has 1 saturated heterocycles. The molecule has 0 radical (unpaired) electrons. The Balaban J connectivity index is 1.75. The van der Waals surface area contributed by atoms with Crippen molar-refractivity contribution in [3.63, 3.8) is 0 Å². The average Bonchev–Trinajstić information content (AvgIpc) is 2.62. The molecule has 2 aromatic rings. The Labute approximate surface area is 130 Å².